The Kier molecular flexibility index (Phi) is 6.83. The van der Waals surface area contributed by atoms with Crippen LogP contribution in [0.15, 0.2) is 29.3 Å². The predicted molar refractivity (Wildman–Crippen MR) is 90.3 cm³/mol. The van der Waals surface area contributed by atoms with Gasteiger partial charge < -0.3 is 20.5 Å². The minimum absolute atomic E-state index is 0.268. The van der Waals surface area contributed by atoms with E-state index in [4.69, 9.17) is 9.84 Å². The van der Waals surface area contributed by atoms with Gasteiger partial charge in [-0.05, 0) is 37.2 Å². The second-order valence-corrected chi connectivity index (χ2v) is 5.31. The average Bonchev–Trinajstić information content (AvgIpc) is 2.59. The van der Waals surface area contributed by atoms with E-state index in [1.54, 1.807) is 31.3 Å². The second kappa shape index (κ2) is 9.12. The Hall–Kier alpha value is -2.12. The van der Waals surface area contributed by atoms with Crippen LogP contribution in [0.1, 0.15) is 16.8 Å². The molecule has 1 aliphatic rings. The molecule has 1 aliphatic heterocycles. The molecule has 1 aromatic carbocycles. The molecular formula is C16H24N4O3. The molecule has 0 aromatic heterocycles. The van der Waals surface area contributed by atoms with Gasteiger partial charge >= 0.3 is 5.97 Å². The van der Waals surface area contributed by atoms with Crippen LogP contribution in [0.3, 0.4) is 0 Å². The number of anilines is 1. The van der Waals surface area contributed by atoms with Crippen LogP contribution >= 0.6 is 0 Å². The fourth-order valence-corrected chi connectivity index (χ4v) is 2.35. The Morgan fingerprint density at radius 2 is 2.00 bits per heavy atom. The molecule has 0 radical (unpaired) electrons. The molecule has 1 fully saturated rings. The standard InChI is InChI=1S/C16H24N4O3/c1-17-16(18-7-2-8-20-9-11-23-12-10-20)19-14-5-3-13(4-6-14)15(21)22/h3-6H,2,7-12H2,1H3,(H,21,22)(H2,17,18,19). The minimum atomic E-state index is -0.929. The Morgan fingerprint density at radius 3 is 2.61 bits per heavy atom. The fourth-order valence-electron chi connectivity index (χ4n) is 2.35. The molecule has 0 amide bonds. The number of carbonyl (C=O) groups is 1. The number of morpholine rings is 1. The van der Waals surface area contributed by atoms with Crippen molar-refractivity contribution >= 4 is 17.6 Å². The maximum absolute atomic E-state index is 10.8. The molecule has 1 heterocycles. The lowest BCUT2D eigenvalue weighted by Gasteiger charge is -2.26. The van der Waals surface area contributed by atoms with E-state index in [0.717, 1.165) is 51.5 Å². The number of aliphatic imine (C=N–C) groups is 1. The number of carboxylic acid groups (broad SMARTS) is 1. The monoisotopic (exact) mass is 320 g/mol. The molecule has 0 spiro atoms. The summed E-state index contributed by atoms with van der Waals surface area (Å²) in [6.07, 6.45) is 1.03. The molecule has 23 heavy (non-hydrogen) atoms. The highest BCUT2D eigenvalue weighted by molar-refractivity contribution is 5.94. The first-order chi connectivity index (χ1) is 11.2. The fraction of sp³-hybridized carbons (Fsp3) is 0.500. The Morgan fingerprint density at radius 1 is 1.30 bits per heavy atom. The summed E-state index contributed by atoms with van der Waals surface area (Å²) in [5.41, 5.74) is 1.07. The van der Waals surface area contributed by atoms with E-state index in [1.165, 1.54) is 0 Å². The number of hydrogen-bond acceptors (Lipinski definition) is 4. The van der Waals surface area contributed by atoms with E-state index in [9.17, 15) is 4.79 Å². The highest BCUT2D eigenvalue weighted by Crippen LogP contribution is 2.09. The van der Waals surface area contributed by atoms with Crippen molar-refractivity contribution in [2.24, 2.45) is 4.99 Å². The molecule has 1 aromatic rings. The van der Waals surface area contributed by atoms with Crippen molar-refractivity contribution in [3.63, 3.8) is 0 Å². The number of guanidine groups is 1. The summed E-state index contributed by atoms with van der Waals surface area (Å²) in [5, 5.41) is 15.3. The van der Waals surface area contributed by atoms with Crippen molar-refractivity contribution < 1.29 is 14.6 Å². The van der Waals surface area contributed by atoms with Crippen LogP contribution in [-0.4, -0.2) is 68.4 Å². The third-order valence-electron chi connectivity index (χ3n) is 3.67. The molecule has 0 atom stereocenters. The van der Waals surface area contributed by atoms with Crippen molar-refractivity contribution in [2.45, 2.75) is 6.42 Å². The third kappa shape index (κ3) is 5.88. The zero-order valence-corrected chi connectivity index (χ0v) is 13.4. The molecule has 126 valence electrons. The van der Waals surface area contributed by atoms with Crippen molar-refractivity contribution in [1.29, 1.82) is 0 Å². The van der Waals surface area contributed by atoms with Crippen molar-refractivity contribution in [3.8, 4) is 0 Å². The quantitative estimate of drug-likeness (QED) is 0.413. The van der Waals surface area contributed by atoms with E-state index in [-0.39, 0.29) is 5.56 Å². The molecule has 1 saturated heterocycles. The molecule has 2 rings (SSSR count). The molecule has 7 heteroatoms. The number of ether oxygens (including phenoxy) is 1. The second-order valence-electron chi connectivity index (χ2n) is 5.31. The molecule has 3 N–H and O–H groups in total. The first kappa shape index (κ1) is 17.2. The summed E-state index contributed by atoms with van der Waals surface area (Å²) in [6.45, 7) is 5.52. The smallest absolute Gasteiger partial charge is 0.335 e. The lowest BCUT2D eigenvalue weighted by atomic mass is 10.2. The van der Waals surface area contributed by atoms with Gasteiger partial charge in [-0.15, -0.1) is 0 Å². The number of aromatic carboxylic acids is 1. The van der Waals surface area contributed by atoms with Gasteiger partial charge in [-0.25, -0.2) is 4.79 Å². The summed E-state index contributed by atoms with van der Waals surface area (Å²) in [6, 6.07) is 6.58. The Bertz CT molecular complexity index is 525. The summed E-state index contributed by atoms with van der Waals surface area (Å²) in [4.78, 5) is 17.4. The van der Waals surface area contributed by atoms with Gasteiger partial charge in [0.15, 0.2) is 5.96 Å². The van der Waals surface area contributed by atoms with Gasteiger partial charge in [0.2, 0.25) is 0 Å². The number of nitrogens with one attached hydrogen (secondary N) is 2. The molecular weight excluding hydrogens is 296 g/mol. The number of nitrogens with zero attached hydrogens (tertiary/aromatic N) is 2. The summed E-state index contributed by atoms with van der Waals surface area (Å²) < 4.78 is 5.33. The molecule has 7 nitrogen and oxygen atoms in total. The third-order valence-corrected chi connectivity index (χ3v) is 3.67. The van der Waals surface area contributed by atoms with Gasteiger partial charge in [-0.1, -0.05) is 0 Å². The predicted octanol–water partition coefficient (Wildman–Crippen LogP) is 1.09. The normalized spacial score (nSPS) is 16.1. The number of rotatable bonds is 6. The Labute approximate surface area is 136 Å². The number of benzene rings is 1. The molecule has 0 unspecified atom stereocenters. The van der Waals surface area contributed by atoms with Crippen LogP contribution in [0.25, 0.3) is 0 Å². The van der Waals surface area contributed by atoms with Crippen LogP contribution in [0.5, 0.6) is 0 Å². The molecule has 0 saturated carbocycles. The summed E-state index contributed by atoms with van der Waals surface area (Å²) in [7, 11) is 1.71. The van der Waals surface area contributed by atoms with Crippen LogP contribution < -0.4 is 10.6 Å². The van der Waals surface area contributed by atoms with Crippen LogP contribution in [-0.2, 0) is 4.74 Å². The lowest BCUT2D eigenvalue weighted by Crippen LogP contribution is -2.38. The van der Waals surface area contributed by atoms with E-state index in [1.807, 2.05) is 0 Å². The zero-order valence-electron chi connectivity index (χ0n) is 13.4. The van der Waals surface area contributed by atoms with Gasteiger partial charge in [-0.3, -0.25) is 9.89 Å². The van der Waals surface area contributed by atoms with Gasteiger partial charge in [0.05, 0.1) is 18.8 Å². The number of carboxylic acids is 1. The highest BCUT2D eigenvalue weighted by atomic mass is 16.5. The largest absolute Gasteiger partial charge is 0.478 e. The lowest BCUT2D eigenvalue weighted by molar-refractivity contribution is 0.0376. The average molecular weight is 320 g/mol. The van der Waals surface area contributed by atoms with Crippen molar-refractivity contribution in [2.75, 3.05) is 51.8 Å². The maximum atomic E-state index is 10.8. The zero-order chi connectivity index (χ0) is 16.5. The van der Waals surface area contributed by atoms with Crippen LogP contribution in [0.2, 0.25) is 0 Å². The van der Waals surface area contributed by atoms with Crippen LogP contribution in [0, 0.1) is 0 Å². The minimum Gasteiger partial charge on any atom is -0.478 e. The maximum Gasteiger partial charge on any atom is 0.335 e. The Balaban J connectivity index is 1.71. The van der Waals surface area contributed by atoms with Crippen molar-refractivity contribution in [1.82, 2.24) is 10.2 Å². The highest BCUT2D eigenvalue weighted by Gasteiger charge is 2.09. The van der Waals surface area contributed by atoms with Crippen LogP contribution in [0.4, 0.5) is 5.69 Å². The van der Waals surface area contributed by atoms with E-state index in [0.29, 0.717) is 5.96 Å². The van der Waals surface area contributed by atoms with Crippen molar-refractivity contribution in [3.05, 3.63) is 29.8 Å². The topological polar surface area (TPSA) is 86.2 Å². The first-order valence-electron chi connectivity index (χ1n) is 7.80. The van der Waals surface area contributed by atoms with E-state index in [2.05, 4.69) is 20.5 Å². The molecule has 0 bridgehead atoms. The first-order valence-corrected chi connectivity index (χ1v) is 7.80. The summed E-state index contributed by atoms with van der Waals surface area (Å²) in [5.74, 6) is -0.253. The summed E-state index contributed by atoms with van der Waals surface area (Å²) >= 11 is 0. The van der Waals surface area contributed by atoms with Gasteiger partial charge in [-0.2, -0.15) is 0 Å². The molecule has 0 aliphatic carbocycles. The number of hydrogen-bond donors (Lipinski definition) is 3. The van der Waals surface area contributed by atoms with E-state index >= 15 is 0 Å². The van der Waals surface area contributed by atoms with E-state index < -0.39 is 5.97 Å². The van der Waals surface area contributed by atoms with Gasteiger partial charge in [0.25, 0.3) is 0 Å². The van der Waals surface area contributed by atoms with Gasteiger partial charge in [0, 0.05) is 32.4 Å². The SMILES string of the molecule is CN=C(NCCCN1CCOCC1)Nc1ccc(C(=O)O)cc1. The van der Waals surface area contributed by atoms with Gasteiger partial charge in [0.1, 0.15) is 0 Å².